The van der Waals surface area contributed by atoms with Gasteiger partial charge in [-0.15, -0.1) is 0 Å². The van der Waals surface area contributed by atoms with E-state index in [0.29, 0.717) is 27.2 Å². The molecule has 0 bridgehead atoms. The topological polar surface area (TPSA) is 109 Å². The maximum atomic E-state index is 14.1. The van der Waals surface area contributed by atoms with Gasteiger partial charge in [-0.25, -0.2) is 4.39 Å². The summed E-state index contributed by atoms with van der Waals surface area (Å²) in [5, 5.41) is 22.3. The van der Waals surface area contributed by atoms with Crippen LogP contribution >= 0.6 is 11.6 Å². The molecule has 1 aromatic heterocycles. The molecular formula is C23H22ClFN2O5. The molecule has 3 rings (SSSR count). The molecule has 0 saturated carbocycles. The predicted octanol–water partition coefficient (Wildman–Crippen LogP) is 4.05. The van der Waals surface area contributed by atoms with Gasteiger partial charge in [0, 0.05) is 40.2 Å². The van der Waals surface area contributed by atoms with Crippen LogP contribution in [0, 0.1) is 12.7 Å². The fraction of sp³-hybridized carbons (Fsp3) is 0.261. The Morgan fingerprint density at radius 2 is 1.84 bits per heavy atom. The maximum Gasteiger partial charge on any atom is 0.305 e. The van der Waals surface area contributed by atoms with E-state index in [-0.39, 0.29) is 30.7 Å². The van der Waals surface area contributed by atoms with Gasteiger partial charge in [-0.05, 0) is 56.2 Å². The number of amides is 1. The molecule has 2 aromatic carbocycles. The number of aryl methyl sites for hydroxylation is 1. The molecule has 1 amide bonds. The number of benzene rings is 2. The summed E-state index contributed by atoms with van der Waals surface area (Å²) >= 11 is 5.90. The third-order valence-corrected chi connectivity index (χ3v) is 5.44. The molecule has 0 radical (unpaired) electrons. The number of hydrogen-bond donors (Lipinski definition) is 3. The molecule has 0 aliphatic rings. The van der Waals surface area contributed by atoms with E-state index < -0.39 is 29.5 Å². The Morgan fingerprint density at radius 3 is 2.47 bits per heavy atom. The molecule has 1 atom stereocenters. The number of rotatable bonds is 7. The van der Waals surface area contributed by atoms with Crippen molar-refractivity contribution in [3.05, 3.63) is 64.1 Å². The molecule has 3 aromatic rings. The lowest BCUT2D eigenvalue weighted by Gasteiger charge is -2.11. The van der Waals surface area contributed by atoms with Crippen LogP contribution in [0.5, 0.6) is 5.75 Å². The Morgan fingerprint density at radius 1 is 1.19 bits per heavy atom. The summed E-state index contributed by atoms with van der Waals surface area (Å²) < 4.78 is 15.5. The van der Waals surface area contributed by atoms with E-state index in [2.05, 4.69) is 5.32 Å². The summed E-state index contributed by atoms with van der Waals surface area (Å²) in [6, 6.07) is 8.06. The van der Waals surface area contributed by atoms with Crippen molar-refractivity contribution in [1.29, 1.82) is 0 Å². The summed E-state index contributed by atoms with van der Waals surface area (Å²) in [5.41, 5.74) is 1.73. The van der Waals surface area contributed by atoms with Crippen LogP contribution in [0.15, 0.2) is 36.4 Å². The molecule has 0 aliphatic carbocycles. The van der Waals surface area contributed by atoms with Gasteiger partial charge < -0.3 is 15.5 Å². The molecule has 0 spiro atoms. The second-order valence-corrected chi connectivity index (χ2v) is 8.04. The minimum atomic E-state index is -1.02. The number of carbonyl (C=O) groups is 3. The number of aromatic hydroxyl groups is 1. The van der Waals surface area contributed by atoms with Gasteiger partial charge in [0.15, 0.2) is 11.6 Å². The molecule has 0 saturated heterocycles. The van der Waals surface area contributed by atoms with E-state index in [0.717, 1.165) is 6.07 Å². The van der Waals surface area contributed by atoms with E-state index >= 15 is 0 Å². The van der Waals surface area contributed by atoms with E-state index in [1.807, 2.05) is 0 Å². The first-order valence-electron chi connectivity index (χ1n) is 9.92. The lowest BCUT2D eigenvalue weighted by molar-refractivity contribution is -0.137. The highest BCUT2D eigenvalue weighted by atomic mass is 35.5. The summed E-state index contributed by atoms with van der Waals surface area (Å²) in [6.07, 6.45) is 0.0317. The minimum absolute atomic E-state index is 0.0250. The molecular weight excluding hydrogens is 439 g/mol. The van der Waals surface area contributed by atoms with Gasteiger partial charge in [-0.2, -0.15) is 0 Å². The fourth-order valence-electron chi connectivity index (χ4n) is 3.69. The van der Waals surface area contributed by atoms with Crippen LogP contribution in [-0.4, -0.2) is 38.6 Å². The number of phenols is 1. The highest BCUT2D eigenvalue weighted by Gasteiger charge is 2.22. The Balaban J connectivity index is 1.96. The average Bonchev–Trinajstić information content (AvgIpc) is 2.96. The number of hydrogen-bond acceptors (Lipinski definition) is 4. The molecule has 1 heterocycles. The van der Waals surface area contributed by atoms with Crippen LogP contribution in [0.3, 0.4) is 0 Å². The quantitative estimate of drug-likeness (QED) is 0.493. The maximum absolute atomic E-state index is 14.1. The minimum Gasteiger partial charge on any atom is -0.505 e. The van der Waals surface area contributed by atoms with Crippen molar-refractivity contribution in [1.82, 2.24) is 9.88 Å². The SMILES string of the molecule is Cc1c(CCC(=O)N[C@@H](C)CC(=O)O)c2cc(O)c(F)cc2n1C(=O)c1ccc(Cl)cc1. The number of halogens is 2. The molecule has 32 heavy (non-hydrogen) atoms. The number of nitrogens with one attached hydrogen (secondary N) is 1. The molecule has 0 unspecified atom stereocenters. The van der Waals surface area contributed by atoms with Crippen molar-refractivity contribution in [2.45, 2.75) is 39.2 Å². The van der Waals surface area contributed by atoms with Gasteiger partial charge >= 0.3 is 5.97 Å². The Bertz CT molecular complexity index is 1200. The first kappa shape index (κ1) is 23.3. The van der Waals surface area contributed by atoms with Crippen molar-refractivity contribution in [3.63, 3.8) is 0 Å². The van der Waals surface area contributed by atoms with Gasteiger partial charge in [0.25, 0.3) is 5.91 Å². The van der Waals surface area contributed by atoms with Gasteiger partial charge in [-0.1, -0.05) is 11.6 Å². The summed E-state index contributed by atoms with van der Waals surface area (Å²) in [4.78, 5) is 36.2. The number of nitrogens with zero attached hydrogens (tertiary/aromatic N) is 1. The molecule has 3 N–H and O–H groups in total. The number of phenolic OH excluding ortho intramolecular Hbond substituents is 1. The molecule has 0 fully saturated rings. The smallest absolute Gasteiger partial charge is 0.305 e. The largest absolute Gasteiger partial charge is 0.505 e. The lowest BCUT2D eigenvalue weighted by Crippen LogP contribution is -2.34. The van der Waals surface area contributed by atoms with E-state index in [4.69, 9.17) is 16.7 Å². The van der Waals surface area contributed by atoms with E-state index in [1.165, 1.54) is 10.6 Å². The van der Waals surface area contributed by atoms with Crippen LogP contribution in [0.2, 0.25) is 5.02 Å². The number of carboxylic acids is 1. The lowest BCUT2D eigenvalue weighted by atomic mass is 10.0. The van der Waals surface area contributed by atoms with Gasteiger partial charge in [0.2, 0.25) is 5.91 Å². The van der Waals surface area contributed by atoms with Crippen molar-refractivity contribution in [2.75, 3.05) is 0 Å². The monoisotopic (exact) mass is 460 g/mol. The highest BCUT2D eigenvalue weighted by Crippen LogP contribution is 2.32. The number of carbonyl (C=O) groups excluding carboxylic acids is 2. The molecule has 168 valence electrons. The normalized spacial score (nSPS) is 12.0. The van der Waals surface area contributed by atoms with Crippen LogP contribution < -0.4 is 5.32 Å². The first-order chi connectivity index (χ1) is 15.1. The summed E-state index contributed by atoms with van der Waals surface area (Å²) in [7, 11) is 0. The number of carboxylic acid groups (broad SMARTS) is 1. The summed E-state index contributed by atoms with van der Waals surface area (Å²) in [6.45, 7) is 3.28. The van der Waals surface area contributed by atoms with Gasteiger partial charge in [0.1, 0.15) is 0 Å². The Labute approximate surface area is 188 Å². The van der Waals surface area contributed by atoms with Crippen molar-refractivity contribution >= 4 is 40.3 Å². The zero-order valence-electron chi connectivity index (χ0n) is 17.5. The Hall–Kier alpha value is -3.39. The van der Waals surface area contributed by atoms with Crippen molar-refractivity contribution < 1.29 is 29.0 Å². The molecule has 7 nitrogen and oxygen atoms in total. The van der Waals surface area contributed by atoms with Crippen LogP contribution in [0.25, 0.3) is 10.9 Å². The number of aromatic nitrogens is 1. The average molecular weight is 461 g/mol. The van der Waals surface area contributed by atoms with Gasteiger partial charge in [-0.3, -0.25) is 19.0 Å². The predicted molar refractivity (Wildman–Crippen MR) is 118 cm³/mol. The molecule has 0 aliphatic heterocycles. The first-order valence-corrected chi connectivity index (χ1v) is 10.3. The standard InChI is InChI=1S/C23H22ClFN2O5/c1-12(9-22(30)31)26-21(29)8-7-16-13(2)27(19-11-18(25)20(28)10-17(16)19)23(32)14-3-5-15(24)6-4-14/h3-6,10-12,28H,7-9H2,1-2H3,(H,26,29)(H,30,31)/t12-/m0/s1. The van der Waals surface area contributed by atoms with Crippen molar-refractivity contribution in [3.8, 4) is 5.75 Å². The second kappa shape index (κ2) is 9.40. The van der Waals surface area contributed by atoms with Crippen LogP contribution in [0.1, 0.15) is 41.4 Å². The second-order valence-electron chi connectivity index (χ2n) is 7.60. The van der Waals surface area contributed by atoms with Crippen molar-refractivity contribution in [2.24, 2.45) is 0 Å². The Kier molecular flexibility index (Phi) is 6.84. The number of aliphatic carboxylic acids is 1. The van der Waals surface area contributed by atoms with Crippen LogP contribution in [-0.2, 0) is 16.0 Å². The third kappa shape index (κ3) is 4.91. The van der Waals surface area contributed by atoms with Crippen LogP contribution in [0.4, 0.5) is 4.39 Å². The third-order valence-electron chi connectivity index (χ3n) is 5.19. The number of fused-ring (bicyclic) bond motifs is 1. The summed E-state index contributed by atoms with van der Waals surface area (Å²) in [5.74, 6) is -3.20. The van der Waals surface area contributed by atoms with Gasteiger partial charge in [0.05, 0.1) is 11.9 Å². The zero-order chi connectivity index (χ0) is 23.6. The van der Waals surface area contributed by atoms with E-state index in [9.17, 15) is 23.9 Å². The highest BCUT2D eigenvalue weighted by molar-refractivity contribution is 6.30. The fourth-order valence-corrected chi connectivity index (χ4v) is 3.81. The molecule has 9 heteroatoms. The van der Waals surface area contributed by atoms with E-state index in [1.54, 1.807) is 38.1 Å². The zero-order valence-corrected chi connectivity index (χ0v) is 18.2.